The molecule has 0 aromatic carbocycles. The molecule has 96 valence electrons. The van der Waals surface area contributed by atoms with Crippen LogP contribution in [0.1, 0.15) is 20.8 Å². The molecule has 2 heterocycles. The molecule has 1 amide bonds. The van der Waals surface area contributed by atoms with Crippen LogP contribution in [0.4, 0.5) is 0 Å². The summed E-state index contributed by atoms with van der Waals surface area (Å²) >= 11 is 0. The van der Waals surface area contributed by atoms with Gasteiger partial charge in [-0.15, -0.1) is 0 Å². The fraction of sp³-hybridized carbons (Fsp3) is 0.750. The number of carbonyl (C=O) groups excluding carboxylic acids is 1. The van der Waals surface area contributed by atoms with Crippen molar-refractivity contribution in [1.29, 1.82) is 0 Å². The summed E-state index contributed by atoms with van der Waals surface area (Å²) in [5.74, 6) is -0.532. The van der Waals surface area contributed by atoms with Gasteiger partial charge in [-0.05, 0) is 26.3 Å². The summed E-state index contributed by atoms with van der Waals surface area (Å²) in [7, 11) is 0. The normalized spacial score (nSPS) is 26.5. The standard InChI is InChI=1S/C12H20N2O3/c1-8(9-4-13-5-9)11(15)14-6-10-7-16-12(2,3)17-10/h10,13H,4-7H2,1-3H3,(H,14,15). The monoisotopic (exact) mass is 240 g/mol. The molecular weight excluding hydrogens is 220 g/mol. The maximum absolute atomic E-state index is 11.8. The highest BCUT2D eigenvalue weighted by molar-refractivity contribution is 5.93. The second-order valence-corrected chi connectivity index (χ2v) is 4.99. The Morgan fingerprint density at radius 2 is 2.24 bits per heavy atom. The molecule has 2 aliphatic heterocycles. The molecular formula is C12H20N2O3. The lowest BCUT2D eigenvalue weighted by Crippen LogP contribution is -2.39. The van der Waals surface area contributed by atoms with Gasteiger partial charge in [0.1, 0.15) is 6.10 Å². The number of rotatable bonds is 3. The second-order valence-electron chi connectivity index (χ2n) is 4.99. The zero-order chi connectivity index (χ0) is 12.5. The summed E-state index contributed by atoms with van der Waals surface area (Å²) in [6.45, 7) is 8.31. The van der Waals surface area contributed by atoms with Crippen LogP contribution in [-0.4, -0.2) is 44.0 Å². The summed E-state index contributed by atoms with van der Waals surface area (Å²) in [6.07, 6.45) is -0.0498. The van der Waals surface area contributed by atoms with Gasteiger partial charge in [-0.25, -0.2) is 0 Å². The van der Waals surface area contributed by atoms with E-state index >= 15 is 0 Å². The first kappa shape index (κ1) is 12.5. The highest BCUT2D eigenvalue weighted by Crippen LogP contribution is 2.21. The average molecular weight is 240 g/mol. The van der Waals surface area contributed by atoms with Gasteiger partial charge in [0.25, 0.3) is 0 Å². The van der Waals surface area contributed by atoms with E-state index in [1.165, 1.54) is 5.57 Å². The van der Waals surface area contributed by atoms with E-state index in [4.69, 9.17) is 9.47 Å². The molecule has 0 aliphatic carbocycles. The summed E-state index contributed by atoms with van der Waals surface area (Å²) in [4.78, 5) is 11.8. The number of ether oxygens (including phenoxy) is 2. The van der Waals surface area contributed by atoms with Crippen LogP contribution in [0.2, 0.25) is 0 Å². The maximum atomic E-state index is 11.8. The summed E-state index contributed by atoms with van der Waals surface area (Å²) in [6, 6.07) is 0. The van der Waals surface area contributed by atoms with E-state index < -0.39 is 5.79 Å². The molecule has 0 aromatic rings. The number of hydrogen-bond donors (Lipinski definition) is 2. The van der Waals surface area contributed by atoms with Crippen molar-refractivity contribution in [3.63, 3.8) is 0 Å². The molecule has 1 unspecified atom stereocenters. The Morgan fingerprint density at radius 1 is 1.53 bits per heavy atom. The van der Waals surface area contributed by atoms with Gasteiger partial charge in [-0.3, -0.25) is 4.79 Å². The molecule has 5 heteroatoms. The Bertz CT molecular complexity index is 344. The topological polar surface area (TPSA) is 59.6 Å². The minimum absolute atomic E-state index is 0.00481. The average Bonchev–Trinajstić information content (AvgIpc) is 2.52. The molecule has 2 rings (SSSR count). The highest BCUT2D eigenvalue weighted by Gasteiger charge is 2.32. The van der Waals surface area contributed by atoms with Gasteiger partial charge in [0.2, 0.25) is 5.91 Å². The molecule has 1 atom stereocenters. The van der Waals surface area contributed by atoms with Gasteiger partial charge in [-0.2, -0.15) is 0 Å². The molecule has 17 heavy (non-hydrogen) atoms. The van der Waals surface area contributed by atoms with Crippen LogP contribution < -0.4 is 10.6 Å². The molecule has 2 saturated heterocycles. The fourth-order valence-corrected chi connectivity index (χ4v) is 1.88. The van der Waals surface area contributed by atoms with Crippen LogP contribution in [0.5, 0.6) is 0 Å². The number of carbonyl (C=O) groups is 1. The minimum atomic E-state index is -0.527. The fourth-order valence-electron chi connectivity index (χ4n) is 1.88. The van der Waals surface area contributed by atoms with E-state index in [0.29, 0.717) is 13.2 Å². The number of amides is 1. The Labute approximate surface area is 102 Å². The van der Waals surface area contributed by atoms with E-state index in [0.717, 1.165) is 18.7 Å². The van der Waals surface area contributed by atoms with Crippen molar-refractivity contribution in [2.45, 2.75) is 32.7 Å². The van der Waals surface area contributed by atoms with Gasteiger partial charge >= 0.3 is 0 Å². The molecule has 2 fully saturated rings. The SMILES string of the molecule is CC(C(=O)NCC1COC(C)(C)O1)=C1CNC1. The molecule has 2 aliphatic rings. The predicted octanol–water partition coefficient (Wildman–Crippen LogP) is 0.174. The molecule has 0 bridgehead atoms. The lowest BCUT2D eigenvalue weighted by Gasteiger charge is -2.22. The summed E-state index contributed by atoms with van der Waals surface area (Å²) in [5, 5.41) is 6.00. The van der Waals surface area contributed by atoms with Crippen LogP contribution in [0.3, 0.4) is 0 Å². The maximum Gasteiger partial charge on any atom is 0.247 e. The summed E-state index contributed by atoms with van der Waals surface area (Å²) in [5.41, 5.74) is 2.01. The Balaban J connectivity index is 1.77. The molecule has 0 aromatic heterocycles. The first-order valence-corrected chi connectivity index (χ1v) is 5.97. The van der Waals surface area contributed by atoms with E-state index in [-0.39, 0.29) is 12.0 Å². The first-order valence-electron chi connectivity index (χ1n) is 5.97. The molecule has 5 nitrogen and oxygen atoms in total. The van der Waals surface area contributed by atoms with Crippen LogP contribution in [-0.2, 0) is 14.3 Å². The predicted molar refractivity (Wildman–Crippen MR) is 63.5 cm³/mol. The van der Waals surface area contributed by atoms with E-state index in [2.05, 4.69) is 10.6 Å². The quantitative estimate of drug-likeness (QED) is 0.691. The van der Waals surface area contributed by atoms with Gasteiger partial charge < -0.3 is 20.1 Å². The van der Waals surface area contributed by atoms with Crippen molar-refractivity contribution in [3.8, 4) is 0 Å². The van der Waals surface area contributed by atoms with E-state index in [9.17, 15) is 4.79 Å². The van der Waals surface area contributed by atoms with Crippen molar-refractivity contribution in [2.24, 2.45) is 0 Å². The lowest BCUT2D eigenvalue weighted by molar-refractivity contribution is -0.139. The van der Waals surface area contributed by atoms with Crippen molar-refractivity contribution < 1.29 is 14.3 Å². The third-order valence-electron chi connectivity index (χ3n) is 3.11. The number of nitrogens with one attached hydrogen (secondary N) is 2. The zero-order valence-corrected chi connectivity index (χ0v) is 10.6. The van der Waals surface area contributed by atoms with Gasteiger partial charge in [0, 0.05) is 25.2 Å². The zero-order valence-electron chi connectivity index (χ0n) is 10.6. The molecule has 2 N–H and O–H groups in total. The third kappa shape index (κ3) is 3.06. The van der Waals surface area contributed by atoms with Crippen LogP contribution in [0.15, 0.2) is 11.1 Å². The molecule has 0 saturated carbocycles. The van der Waals surface area contributed by atoms with Crippen molar-refractivity contribution >= 4 is 5.91 Å². The minimum Gasteiger partial charge on any atom is -0.350 e. The van der Waals surface area contributed by atoms with Gasteiger partial charge in [0.05, 0.1) is 6.61 Å². The Kier molecular flexibility index (Phi) is 3.51. The van der Waals surface area contributed by atoms with Crippen molar-refractivity contribution in [1.82, 2.24) is 10.6 Å². The van der Waals surface area contributed by atoms with Crippen LogP contribution in [0, 0.1) is 0 Å². The second kappa shape index (κ2) is 4.76. The van der Waals surface area contributed by atoms with Crippen LogP contribution in [0.25, 0.3) is 0 Å². The third-order valence-corrected chi connectivity index (χ3v) is 3.11. The van der Waals surface area contributed by atoms with Crippen LogP contribution >= 0.6 is 0 Å². The molecule has 0 radical (unpaired) electrons. The molecule has 0 spiro atoms. The summed E-state index contributed by atoms with van der Waals surface area (Å²) < 4.78 is 11.0. The van der Waals surface area contributed by atoms with Crippen molar-refractivity contribution in [3.05, 3.63) is 11.1 Å². The van der Waals surface area contributed by atoms with Crippen molar-refractivity contribution in [2.75, 3.05) is 26.2 Å². The van der Waals surface area contributed by atoms with Gasteiger partial charge in [0.15, 0.2) is 5.79 Å². The number of hydrogen-bond acceptors (Lipinski definition) is 4. The smallest absolute Gasteiger partial charge is 0.247 e. The van der Waals surface area contributed by atoms with E-state index in [1.54, 1.807) is 0 Å². The Hall–Kier alpha value is -0.910. The van der Waals surface area contributed by atoms with E-state index in [1.807, 2.05) is 20.8 Å². The van der Waals surface area contributed by atoms with Gasteiger partial charge in [-0.1, -0.05) is 0 Å². The highest BCUT2D eigenvalue weighted by atomic mass is 16.7. The Morgan fingerprint density at radius 3 is 2.71 bits per heavy atom. The first-order chi connectivity index (χ1) is 7.98. The lowest BCUT2D eigenvalue weighted by atomic mass is 10.0. The largest absolute Gasteiger partial charge is 0.350 e.